The van der Waals surface area contributed by atoms with Crippen LogP contribution in [0.3, 0.4) is 0 Å². The van der Waals surface area contributed by atoms with Crippen molar-refractivity contribution in [2.45, 2.75) is 45.2 Å². The van der Waals surface area contributed by atoms with E-state index in [1.165, 1.54) is 0 Å². The number of aliphatic hydroxyl groups excluding tert-OH is 2. The van der Waals surface area contributed by atoms with Gasteiger partial charge in [-0.25, -0.2) is 0 Å². The van der Waals surface area contributed by atoms with Crippen molar-refractivity contribution in [2.75, 3.05) is 44.4 Å². The fourth-order valence-corrected chi connectivity index (χ4v) is 2.69. The standard InChI is InChI=1S/C19H33NO4S/c1-4-6-23-8-9-24-7-5-20(15-19(2,3)25)18-11-16(13-21)10-17(12-18)14-22/h10-12,21-22,25H,4-9,13-15H2,1-3H3. The Morgan fingerprint density at radius 2 is 1.52 bits per heavy atom. The molecule has 6 heteroatoms. The van der Waals surface area contributed by atoms with Crippen LogP contribution < -0.4 is 4.90 Å². The minimum atomic E-state index is -0.182. The third-order valence-electron chi connectivity index (χ3n) is 3.57. The van der Waals surface area contributed by atoms with Crippen LogP contribution in [0.15, 0.2) is 18.2 Å². The smallest absolute Gasteiger partial charge is 0.0701 e. The highest BCUT2D eigenvalue weighted by atomic mass is 32.1. The molecule has 0 aliphatic heterocycles. The molecule has 0 saturated heterocycles. The van der Waals surface area contributed by atoms with E-state index in [1.54, 1.807) is 0 Å². The van der Waals surface area contributed by atoms with Crippen LogP contribution in [0.1, 0.15) is 38.3 Å². The first-order chi connectivity index (χ1) is 11.9. The van der Waals surface area contributed by atoms with Crippen molar-refractivity contribution >= 4 is 18.3 Å². The molecule has 0 radical (unpaired) electrons. The largest absolute Gasteiger partial charge is 0.392 e. The van der Waals surface area contributed by atoms with Crippen LogP contribution in [0.5, 0.6) is 0 Å². The Morgan fingerprint density at radius 1 is 0.960 bits per heavy atom. The molecule has 0 aliphatic rings. The molecule has 144 valence electrons. The molecule has 0 aliphatic carbocycles. The lowest BCUT2D eigenvalue weighted by molar-refractivity contribution is 0.0505. The molecule has 1 aromatic rings. The minimum Gasteiger partial charge on any atom is -0.392 e. The number of nitrogens with zero attached hydrogens (tertiary/aromatic N) is 1. The molecule has 2 N–H and O–H groups in total. The van der Waals surface area contributed by atoms with Crippen LogP contribution in [0.4, 0.5) is 5.69 Å². The highest BCUT2D eigenvalue weighted by Gasteiger charge is 2.18. The Bertz CT molecular complexity index is 469. The molecular formula is C19H33NO4S. The fourth-order valence-electron chi connectivity index (χ4n) is 2.52. The van der Waals surface area contributed by atoms with Crippen molar-refractivity contribution < 1.29 is 19.7 Å². The number of hydrogen-bond donors (Lipinski definition) is 3. The highest BCUT2D eigenvalue weighted by Crippen LogP contribution is 2.23. The summed E-state index contributed by atoms with van der Waals surface area (Å²) in [4.78, 5) is 2.18. The van der Waals surface area contributed by atoms with Gasteiger partial charge in [-0.05, 0) is 43.5 Å². The minimum absolute atomic E-state index is 0.0514. The number of anilines is 1. The van der Waals surface area contributed by atoms with Crippen molar-refractivity contribution in [3.05, 3.63) is 29.3 Å². The van der Waals surface area contributed by atoms with Crippen molar-refractivity contribution in [3.8, 4) is 0 Å². The summed E-state index contributed by atoms with van der Waals surface area (Å²) in [5.41, 5.74) is 2.54. The average Bonchev–Trinajstić information content (AvgIpc) is 2.58. The van der Waals surface area contributed by atoms with Crippen LogP contribution >= 0.6 is 12.6 Å². The predicted octanol–water partition coefficient (Wildman–Crippen LogP) is 2.63. The first kappa shape index (κ1) is 22.3. The number of ether oxygens (including phenoxy) is 2. The molecule has 0 saturated carbocycles. The third-order valence-corrected chi connectivity index (χ3v) is 3.71. The molecule has 0 fully saturated rings. The molecule has 25 heavy (non-hydrogen) atoms. The Balaban J connectivity index is 2.70. The van der Waals surface area contributed by atoms with Gasteiger partial charge in [0.2, 0.25) is 0 Å². The maximum Gasteiger partial charge on any atom is 0.0701 e. The van der Waals surface area contributed by atoms with Crippen molar-refractivity contribution in [1.29, 1.82) is 0 Å². The fraction of sp³-hybridized carbons (Fsp3) is 0.684. The van der Waals surface area contributed by atoms with Gasteiger partial charge in [0.25, 0.3) is 0 Å². The van der Waals surface area contributed by atoms with Gasteiger partial charge in [-0.15, -0.1) is 0 Å². The SMILES string of the molecule is CCCOCCOCCN(CC(C)(C)S)c1cc(CO)cc(CO)c1. The number of thiol groups is 1. The molecule has 0 unspecified atom stereocenters. The van der Waals surface area contributed by atoms with Gasteiger partial charge in [-0.3, -0.25) is 0 Å². The average molecular weight is 372 g/mol. The Hall–Kier alpha value is -0.790. The molecule has 0 amide bonds. The number of benzene rings is 1. The summed E-state index contributed by atoms with van der Waals surface area (Å²) in [6.07, 6.45) is 1.01. The molecule has 0 bridgehead atoms. The molecule has 0 spiro atoms. The van der Waals surface area contributed by atoms with Crippen LogP contribution in [-0.4, -0.2) is 54.5 Å². The van der Waals surface area contributed by atoms with E-state index in [4.69, 9.17) is 9.47 Å². The van der Waals surface area contributed by atoms with Gasteiger partial charge >= 0.3 is 0 Å². The van der Waals surface area contributed by atoms with E-state index in [2.05, 4.69) is 38.3 Å². The van der Waals surface area contributed by atoms with Gasteiger partial charge in [-0.2, -0.15) is 12.6 Å². The second-order valence-electron chi connectivity index (χ2n) is 6.78. The summed E-state index contributed by atoms with van der Waals surface area (Å²) in [6.45, 7) is 10.1. The molecule has 1 rings (SSSR count). The van der Waals surface area contributed by atoms with Crippen LogP contribution in [0.25, 0.3) is 0 Å². The van der Waals surface area contributed by atoms with E-state index < -0.39 is 0 Å². The lowest BCUT2D eigenvalue weighted by Crippen LogP contribution is -2.37. The lowest BCUT2D eigenvalue weighted by atomic mass is 10.1. The summed E-state index contributed by atoms with van der Waals surface area (Å²) < 4.78 is 10.9. The zero-order chi connectivity index (χ0) is 18.7. The second kappa shape index (κ2) is 11.8. The van der Waals surface area contributed by atoms with Crippen LogP contribution in [0, 0.1) is 0 Å². The summed E-state index contributed by atoms with van der Waals surface area (Å²) in [6, 6.07) is 5.71. The van der Waals surface area contributed by atoms with Gasteiger partial charge in [0.15, 0.2) is 0 Å². The van der Waals surface area contributed by atoms with E-state index in [0.29, 0.717) is 26.4 Å². The maximum atomic E-state index is 9.46. The van der Waals surface area contributed by atoms with Crippen molar-refractivity contribution in [2.24, 2.45) is 0 Å². The third kappa shape index (κ3) is 9.47. The Morgan fingerprint density at radius 3 is 2.00 bits per heavy atom. The second-order valence-corrected chi connectivity index (χ2v) is 7.99. The van der Waals surface area contributed by atoms with Gasteiger partial charge in [0.1, 0.15) is 0 Å². The normalized spacial score (nSPS) is 11.8. The number of rotatable bonds is 13. The zero-order valence-corrected chi connectivity index (χ0v) is 16.6. The quantitative estimate of drug-likeness (QED) is 0.368. The van der Waals surface area contributed by atoms with Crippen molar-refractivity contribution in [3.63, 3.8) is 0 Å². The zero-order valence-electron chi connectivity index (χ0n) is 15.7. The Kier molecular flexibility index (Phi) is 10.5. The van der Waals surface area contributed by atoms with E-state index in [1.807, 2.05) is 18.2 Å². The van der Waals surface area contributed by atoms with Gasteiger partial charge in [-0.1, -0.05) is 13.0 Å². The molecule has 0 heterocycles. The van der Waals surface area contributed by atoms with Crippen LogP contribution in [0.2, 0.25) is 0 Å². The summed E-state index contributed by atoms with van der Waals surface area (Å²) in [5.74, 6) is 0. The number of aliphatic hydroxyl groups is 2. The topological polar surface area (TPSA) is 62.2 Å². The van der Waals surface area contributed by atoms with Gasteiger partial charge in [0, 0.05) is 30.1 Å². The molecule has 0 aromatic heterocycles. The van der Waals surface area contributed by atoms with Crippen LogP contribution in [-0.2, 0) is 22.7 Å². The maximum absolute atomic E-state index is 9.46. The first-order valence-electron chi connectivity index (χ1n) is 8.87. The molecule has 5 nitrogen and oxygen atoms in total. The van der Waals surface area contributed by atoms with E-state index in [9.17, 15) is 10.2 Å². The number of hydrogen-bond acceptors (Lipinski definition) is 6. The van der Waals surface area contributed by atoms with E-state index >= 15 is 0 Å². The summed E-state index contributed by atoms with van der Waals surface area (Å²) >= 11 is 4.64. The first-order valence-corrected chi connectivity index (χ1v) is 9.31. The van der Waals surface area contributed by atoms with E-state index in [0.717, 1.165) is 36.4 Å². The summed E-state index contributed by atoms with van der Waals surface area (Å²) in [5, 5.41) is 18.9. The molecular weight excluding hydrogens is 338 g/mol. The highest BCUT2D eigenvalue weighted by molar-refractivity contribution is 7.81. The monoisotopic (exact) mass is 371 g/mol. The van der Waals surface area contributed by atoms with E-state index in [-0.39, 0.29) is 18.0 Å². The Labute approximate surface area is 157 Å². The predicted molar refractivity (Wildman–Crippen MR) is 105 cm³/mol. The van der Waals surface area contributed by atoms with Gasteiger partial charge < -0.3 is 24.6 Å². The lowest BCUT2D eigenvalue weighted by Gasteiger charge is -2.32. The summed E-state index contributed by atoms with van der Waals surface area (Å²) in [7, 11) is 0. The van der Waals surface area contributed by atoms with Crippen molar-refractivity contribution in [1.82, 2.24) is 0 Å². The molecule has 1 aromatic carbocycles. The van der Waals surface area contributed by atoms with Gasteiger partial charge in [0.05, 0.1) is 33.0 Å². The molecule has 0 atom stereocenters.